The highest BCUT2D eigenvalue weighted by molar-refractivity contribution is 5.85. The van der Waals surface area contributed by atoms with Crippen molar-refractivity contribution >= 4 is 35.1 Å². The van der Waals surface area contributed by atoms with Gasteiger partial charge in [0.25, 0.3) is 0 Å². The summed E-state index contributed by atoms with van der Waals surface area (Å²) in [5, 5.41) is 10.4. The van der Waals surface area contributed by atoms with Gasteiger partial charge < -0.3 is 16.0 Å². The molecular formula is C16H22ClN5. The normalized spacial score (nSPS) is 20.6. The molecule has 4 rings (SSSR count). The van der Waals surface area contributed by atoms with Gasteiger partial charge in [-0.05, 0) is 50.4 Å². The minimum Gasteiger partial charge on any atom is -0.367 e. The monoisotopic (exact) mass is 319 g/mol. The molecule has 1 aromatic carbocycles. The highest BCUT2D eigenvalue weighted by Crippen LogP contribution is 2.28. The van der Waals surface area contributed by atoms with Crippen LogP contribution in [0.1, 0.15) is 19.3 Å². The van der Waals surface area contributed by atoms with Crippen molar-refractivity contribution in [2.75, 3.05) is 30.3 Å². The summed E-state index contributed by atoms with van der Waals surface area (Å²) in [6.45, 7) is 3.18. The smallest absolute Gasteiger partial charge is 0.169 e. The second-order valence-electron chi connectivity index (χ2n) is 6.07. The van der Waals surface area contributed by atoms with Crippen LogP contribution in [0, 0.1) is 5.92 Å². The minimum absolute atomic E-state index is 0. The van der Waals surface area contributed by atoms with Gasteiger partial charge in [0.1, 0.15) is 0 Å². The molecule has 2 aliphatic rings. The molecule has 2 aromatic rings. The number of hydrogen-bond donors (Lipinski definition) is 3. The van der Waals surface area contributed by atoms with Gasteiger partial charge in [-0.2, -0.15) is 0 Å². The largest absolute Gasteiger partial charge is 0.367 e. The average molecular weight is 320 g/mol. The summed E-state index contributed by atoms with van der Waals surface area (Å²) in [6.07, 6.45) is 3.71. The minimum atomic E-state index is 0. The number of fused-ring (bicyclic) bond motifs is 1. The summed E-state index contributed by atoms with van der Waals surface area (Å²) in [4.78, 5) is 9.51. The van der Waals surface area contributed by atoms with Crippen LogP contribution in [0.4, 0.5) is 11.6 Å². The van der Waals surface area contributed by atoms with Gasteiger partial charge in [-0.1, -0.05) is 12.1 Å². The number of para-hydroxylation sites is 2. The standard InChI is InChI=1S/C16H21N5.ClH/c1-2-4-14-13(3-1)20-15(16(21-14)19-12-5-6-12)18-10-11-7-8-17-9-11;/h1-4,11-12,17H,5-10H2,(H,18,20)(H,19,21);1H. The average Bonchev–Trinajstić information content (AvgIpc) is 3.17. The summed E-state index contributed by atoms with van der Waals surface area (Å²) in [6, 6.07) is 8.63. The van der Waals surface area contributed by atoms with Crippen molar-refractivity contribution in [2.45, 2.75) is 25.3 Å². The van der Waals surface area contributed by atoms with Crippen LogP contribution in [-0.4, -0.2) is 35.6 Å². The van der Waals surface area contributed by atoms with E-state index in [1.807, 2.05) is 24.3 Å². The zero-order valence-corrected chi connectivity index (χ0v) is 13.3. The molecule has 1 aromatic heterocycles. The fourth-order valence-corrected chi connectivity index (χ4v) is 2.77. The van der Waals surface area contributed by atoms with Crippen LogP contribution in [0.15, 0.2) is 24.3 Å². The van der Waals surface area contributed by atoms with E-state index in [9.17, 15) is 0 Å². The lowest BCUT2D eigenvalue weighted by atomic mass is 10.1. The van der Waals surface area contributed by atoms with Crippen molar-refractivity contribution in [2.24, 2.45) is 5.92 Å². The molecule has 2 fully saturated rings. The molecule has 22 heavy (non-hydrogen) atoms. The molecule has 0 bridgehead atoms. The molecule has 1 atom stereocenters. The molecule has 1 aliphatic heterocycles. The summed E-state index contributed by atoms with van der Waals surface area (Å²) in [5.41, 5.74) is 1.90. The molecule has 1 unspecified atom stereocenters. The molecule has 0 amide bonds. The first-order valence-electron chi connectivity index (χ1n) is 7.86. The van der Waals surface area contributed by atoms with E-state index >= 15 is 0 Å². The van der Waals surface area contributed by atoms with E-state index in [4.69, 9.17) is 9.97 Å². The van der Waals surface area contributed by atoms with E-state index in [0.29, 0.717) is 12.0 Å². The molecule has 1 saturated carbocycles. The van der Waals surface area contributed by atoms with Gasteiger partial charge in [0, 0.05) is 12.6 Å². The van der Waals surface area contributed by atoms with Crippen molar-refractivity contribution in [1.29, 1.82) is 0 Å². The van der Waals surface area contributed by atoms with Crippen LogP contribution >= 0.6 is 12.4 Å². The SMILES string of the molecule is Cl.c1ccc2nc(NC3CC3)c(NCC3CCNC3)nc2c1. The molecule has 118 valence electrons. The lowest BCUT2D eigenvalue weighted by Gasteiger charge is -2.15. The van der Waals surface area contributed by atoms with Crippen LogP contribution in [0.2, 0.25) is 0 Å². The predicted octanol–water partition coefficient (Wildman–Crippen LogP) is 2.65. The van der Waals surface area contributed by atoms with Crippen molar-refractivity contribution in [3.63, 3.8) is 0 Å². The Morgan fingerprint density at radius 3 is 2.41 bits per heavy atom. The highest BCUT2D eigenvalue weighted by atomic mass is 35.5. The molecule has 2 heterocycles. The van der Waals surface area contributed by atoms with Crippen molar-refractivity contribution < 1.29 is 0 Å². The van der Waals surface area contributed by atoms with E-state index in [1.165, 1.54) is 19.3 Å². The maximum Gasteiger partial charge on any atom is 0.169 e. The Labute approximate surface area is 136 Å². The number of benzene rings is 1. The van der Waals surface area contributed by atoms with E-state index < -0.39 is 0 Å². The van der Waals surface area contributed by atoms with Gasteiger partial charge in [0.15, 0.2) is 11.6 Å². The number of nitrogens with one attached hydrogen (secondary N) is 3. The predicted molar refractivity (Wildman–Crippen MR) is 92.9 cm³/mol. The second-order valence-corrected chi connectivity index (χ2v) is 6.07. The first-order valence-corrected chi connectivity index (χ1v) is 7.86. The highest BCUT2D eigenvalue weighted by Gasteiger charge is 2.24. The first-order chi connectivity index (χ1) is 10.4. The molecule has 6 heteroatoms. The van der Waals surface area contributed by atoms with Gasteiger partial charge >= 0.3 is 0 Å². The van der Waals surface area contributed by atoms with E-state index in [0.717, 1.165) is 42.3 Å². The summed E-state index contributed by atoms with van der Waals surface area (Å²) >= 11 is 0. The number of nitrogens with zero attached hydrogens (tertiary/aromatic N) is 2. The maximum atomic E-state index is 4.76. The van der Waals surface area contributed by atoms with Crippen LogP contribution in [-0.2, 0) is 0 Å². The third-order valence-electron chi connectivity index (χ3n) is 4.21. The van der Waals surface area contributed by atoms with Gasteiger partial charge in [0.05, 0.1) is 11.0 Å². The Bertz CT molecular complexity index is 637. The molecule has 1 saturated heterocycles. The molecule has 5 nitrogen and oxygen atoms in total. The Kier molecular flexibility index (Phi) is 4.64. The Morgan fingerprint density at radius 2 is 1.77 bits per heavy atom. The molecule has 3 N–H and O–H groups in total. The van der Waals surface area contributed by atoms with Crippen molar-refractivity contribution in [3.05, 3.63) is 24.3 Å². The third kappa shape index (κ3) is 3.42. The third-order valence-corrected chi connectivity index (χ3v) is 4.21. The van der Waals surface area contributed by atoms with Crippen LogP contribution in [0.25, 0.3) is 11.0 Å². The van der Waals surface area contributed by atoms with E-state index in [2.05, 4.69) is 16.0 Å². The lowest BCUT2D eigenvalue weighted by molar-refractivity contribution is 0.614. The van der Waals surface area contributed by atoms with Gasteiger partial charge in [-0.15, -0.1) is 12.4 Å². The summed E-state index contributed by atoms with van der Waals surface area (Å²) in [5.74, 6) is 2.49. The van der Waals surface area contributed by atoms with Crippen molar-refractivity contribution in [1.82, 2.24) is 15.3 Å². The summed E-state index contributed by atoms with van der Waals surface area (Å²) < 4.78 is 0. The first kappa shape index (κ1) is 15.3. The fraction of sp³-hybridized carbons (Fsp3) is 0.500. The number of halogens is 1. The number of hydrogen-bond acceptors (Lipinski definition) is 5. The van der Waals surface area contributed by atoms with E-state index in [1.54, 1.807) is 0 Å². The summed E-state index contributed by atoms with van der Waals surface area (Å²) in [7, 11) is 0. The molecular weight excluding hydrogens is 298 g/mol. The van der Waals surface area contributed by atoms with Gasteiger partial charge in [0.2, 0.25) is 0 Å². The fourth-order valence-electron chi connectivity index (χ4n) is 2.77. The Balaban J connectivity index is 0.00000144. The topological polar surface area (TPSA) is 61.9 Å². The van der Waals surface area contributed by atoms with Crippen molar-refractivity contribution in [3.8, 4) is 0 Å². The number of anilines is 2. The number of rotatable bonds is 5. The van der Waals surface area contributed by atoms with Gasteiger partial charge in [-0.3, -0.25) is 0 Å². The quantitative estimate of drug-likeness (QED) is 0.791. The van der Waals surface area contributed by atoms with Crippen LogP contribution < -0.4 is 16.0 Å². The molecule has 0 spiro atoms. The Hall–Kier alpha value is -1.59. The lowest BCUT2D eigenvalue weighted by Crippen LogP contribution is -2.19. The Morgan fingerprint density at radius 1 is 1.05 bits per heavy atom. The van der Waals surface area contributed by atoms with Gasteiger partial charge in [-0.25, -0.2) is 9.97 Å². The van der Waals surface area contributed by atoms with E-state index in [-0.39, 0.29) is 12.4 Å². The zero-order chi connectivity index (χ0) is 14.1. The second kappa shape index (κ2) is 6.67. The van der Waals surface area contributed by atoms with Crippen LogP contribution in [0.5, 0.6) is 0 Å². The molecule has 0 radical (unpaired) electrons. The number of aromatic nitrogens is 2. The molecule has 1 aliphatic carbocycles. The zero-order valence-electron chi connectivity index (χ0n) is 12.5. The maximum absolute atomic E-state index is 4.76. The van der Waals surface area contributed by atoms with Crippen LogP contribution in [0.3, 0.4) is 0 Å².